The predicted octanol–water partition coefficient (Wildman–Crippen LogP) is 3.40. The van der Waals surface area contributed by atoms with Crippen LogP contribution < -0.4 is 16.4 Å². The Morgan fingerprint density at radius 2 is 1.70 bits per heavy atom. The van der Waals surface area contributed by atoms with E-state index < -0.39 is 0 Å². The van der Waals surface area contributed by atoms with Gasteiger partial charge in [-0.05, 0) is 47.9 Å². The summed E-state index contributed by atoms with van der Waals surface area (Å²) in [5.74, 6) is -0.383. The maximum Gasteiger partial charge on any atom is 0.251 e. The zero-order valence-electron chi connectivity index (χ0n) is 14.7. The van der Waals surface area contributed by atoms with Crippen LogP contribution in [0, 0.1) is 0 Å². The second kappa shape index (κ2) is 10.7. The molecule has 0 spiro atoms. The van der Waals surface area contributed by atoms with E-state index in [0.717, 1.165) is 5.56 Å². The largest absolute Gasteiger partial charge is 0.352 e. The Hall–Kier alpha value is -2.34. The van der Waals surface area contributed by atoms with Gasteiger partial charge in [0, 0.05) is 41.3 Å². The first-order valence-electron chi connectivity index (χ1n) is 8.48. The lowest BCUT2D eigenvalue weighted by molar-refractivity contribution is -0.116. The second-order valence-electron chi connectivity index (χ2n) is 5.80. The van der Waals surface area contributed by atoms with Crippen molar-refractivity contribution in [2.75, 3.05) is 13.1 Å². The second-order valence-corrected chi connectivity index (χ2v) is 6.64. The lowest BCUT2D eigenvalue weighted by Gasteiger charge is -2.06. The summed E-state index contributed by atoms with van der Waals surface area (Å²) < 4.78 is 0. The molecule has 4 N–H and O–H groups in total. The van der Waals surface area contributed by atoms with Crippen LogP contribution in [0.1, 0.15) is 27.9 Å². The van der Waals surface area contributed by atoms with Crippen molar-refractivity contribution in [1.82, 2.24) is 10.6 Å². The van der Waals surface area contributed by atoms with E-state index in [9.17, 15) is 9.59 Å². The molecule has 7 heteroatoms. The molecular formula is C20H21Cl2N3O2. The number of hydrogen-bond donors (Lipinski definition) is 3. The number of carbonyl (C=O) groups excluding carboxylic acids is 2. The molecule has 5 nitrogen and oxygen atoms in total. The number of nitrogens with one attached hydrogen (secondary N) is 2. The Kier molecular flexibility index (Phi) is 8.33. The minimum Gasteiger partial charge on any atom is -0.352 e. The van der Waals surface area contributed by atoms with Gasteiger partial charge in [0.05, 0.1) is 0 Å². The zero-order valence-corrected chi connectivity index (χ0v) is 16.2. The zero-order chi connectivity index (χ0) is 19.6. The molecule has 0 saturated heterocycles. The van der Waals surface area contributed by atoms with Crippen LogP contribution in [-0.4, -0.2) is 24.9 Å². The summed E-state index contributed by atoms with van der Waals surface area (Å²) in [5.41, 5.74) is 7.80. The summed E-state index contributed by atoms with van der Waals surface area (Å²) in [6.07, 6.45) is 3.65. The highest BCUT2D eigenvalue weighted by molar-refractivity contribution is 6.35. The third kappa shape index (κ3) is 7.06. The Balaban J connectivity index is 1.67. The van der Waals surface area contributed by atoms with E-state index in [1.54, 1.807) is 36.4 Å². The van der Waals surface area contributed by atoms with Crippen molar-refractivity contribution in [3.05, 3.63) is 75.3 Å². The summed E-state index contributed by atoms with van der Waals surface area (Å²) >= 11 is 11.9. The molecule has 2 amide bonds. The van der Waals surface area contributed by atoms with Crippen LogP contribution in [0.3, 0.4) is 0 Å². The topological polar surface area (TPSA) is 84.2 Å². The smallest absolute Gasteiger partial charge is 0.251 e. The van der Waals surface area contributed by atoms with Crippen molar-refractivity contribution in [3.63, 3.8) is 0 Å². The molecule has 0 atom stereocenters. The van der Waals surface area contributed by atoms with Crippen molar-refractivity contribution in [3.8, 4) is 0 Å². The summed E-state index contributed by atoms with van der Waals surface area (Å²) in [6, 6.07) is 12.2. The molecule has 0 saturated carbocycles. The van der Waals surface area contributed by atoms with Gasteiger partial charge in [-0.25, -0.2) is 0 Å². The third-order valence-electron chi connectivity index (χ3n) is 3.77. The summed E-state index contributed by atoms with van der Waals surface area (Å²) in [4.78, 5) is 23.8. The molecule has 0 unspecified atom stereocenters. The minimum atomic E-state index is -0.232. The quantitative estimate of drug-likeness (QED) is 0.464. The highest BCUT2D eigenvalue weighted by atomic mass is 35.5. The molecule has 142 valence electrons. The SMILES string of the molecule is NCc1ccc(C(=O)NCCCNC(=O)/C=C/c2ccc(Cl)cc2Cl)cc1. The number of amides is 2. The van der Waals surface area contributed by atoms with Crippen molar-refractivity contribution >= 4 is 41.1 Å². The van der Waals surface area contributed by atoms with Crippen LogP contribution in [0.15, 0.2) is 48.5 Å². The molecule has 0 radical (unpaired) electrons. The van der Waals surface area contributed by atoms with Crippen molar-refractivity contribution in [1.29, 1.82) is 0 Å². The van der Waals surface area contributed by atoms with Gasteiger partial charge in [-0.1, -0.05) is 41.4 Å². The van der Waals surface area contributed by atoms with Crippen LogP contribution in [0.5, 0.6) is 0 Å². The predicted molar refractivity (Wildman–Crippen MR) is 110 cm³/mol. The highest BCUT2D eigenvalue weighted by Gasteiger charge is 2.04. The van der Waals surface area contributed by atoms with E-state index in [1.807, 2.05) is 12.1 Å². The lowest BCUT2D eigenvalue weighted by atomic mass is 10.1. The lowest BCUT2D eigenvalue weighted by Crippen LogP contribution is -2.29. The first kappa shape index (κ1) is 21.0. The van der Waals surface area contributed by atoms with Gasteiger partial charge in [0.25, 0.3) is 5.91 Å². The fourth-order valence-electron chi connectivity index (χ4n) is 2.26. The van der Waals surface area contributed by atoms with Crippen molar-refractivity contribution in [2.45, 2.75) is 13.0 Å². The van der Waals surface area contributed by atoms with Gasteiger partial charge in [-0.2, -0.15) is 0 Å². The average molecular weight is 406 g/mol. The van der Waals surface area contributed by atoms with Gasteiger partial charge >= 0.3 is 0 Å². The minimum absolute atomic E-state index is 0.151. The normalized spacial score (nSPS) is 10.8. The molecule has 0 bridgehead atoms. The van der Waals surface area contributed by atoms with Crippen LogP contribution >= 0.6 is 23.2 Å². The molecule has 0 fully saturated rings. The number of benzene rings is 2. The maximum atomic E-state index is 12.0. The average Bonchev–Trinajstić information content (AvgIpc) is 2.67. The maximum absolute atomic E-state index is 12.0. The van der Waals surface area contributed by atoms with E-state index in [4.69, 9.17) is 28.9 Å². The Morgan fingerprint density at radius 3 is 2.37 bits per heavy atom. The number of carbonyl (C=O) groups is 2. The fourth-order valence-corrected chi connectivity index (χ4v) is 2.73. The molecule has 2 aromatic rings. The van der Waals surface area contributed by atoms with Crippen LogP contribution in [0.2, 0.25) is 10.0 Å². The number of halogens is 2. The first-order valence-corrected chi connectivity index (χ1v) is 9.23. The summed E-state index contributed by atoms with van der Waals surface area (Å²) in [6.45, 7) is 1.36. The standard InChI is InChI=1S/C20H21Cl2N3O2/c21-17-8-6-15(18(22)12-17)7-9-19(26)24-10-1-11-25-20(27)16-4-2-14(13-23)3-5-16/h2-9,12H,1,10-11,13,23H2,(H,24,26)(H,25,27)/b9-7+. The molecule has 27 heavy (non-hydrogen) atoms. The molecule has 0 aliphatic rings. The number of hydrogen-bond acceptors (Lipinski definition) is 3. The Labute approximate surface area is 168 Å². The van der Waals surface area contributed by atoms with Crippen molar-refractivity contribution < 1.29 is 9.59 Å². The molecule has 0 aromatic heterocycles. The van der Waals surface area contributed by atoms with Gasteiger partial charge in [-0.3, -0.25) is 9.59 Å². The molecule has 0 heterocycles. The van der Waals surface area contributed by atoms with Gasteiger partial charge in [0.1, 0.15) is 0 Å². The molecule has 2 aromatic carbocycles. The Morgan fingerprint density at radius 1 is 1.00 bits per heavy atom. The number of rotatable bonds is 8. The van der Waals surface area contributed by atoms with E-state index in [2.05, 4.69) is 10.6 Å². The fraction of sp³-hybridized carbons (Fsp3) is 0.200. The van der Waals surface area contributed by atoms with E-state index in [0.29, 0.717) is 47.2 Å². The Bertz CT molecular complexity index is 820. The van der Waals surface area contributed by atoms with E-state index >= 15 is 0 Å². The summed E-state index contributed by atoms with van der Waals surface area (Å²) in [7, 11) is 0. The first-order chi connectivity index (χ1) is 13.0. The van der Waals surface area contributed by atoms with E-state index in [1.165, 1.54) is 6.08 Å². The molecule has 0 aliphatic heterocycles. The highest BCUT2D eigenvalue weighted by Crippen LogP contribution is 2.21. The van der Waals surface area contributed by atoms with Gasteiger partial charge in [0.15, 0.2) is 0 Å². The van der Waals surface area contributed by atoms with Gasteiger partial charge < -0.3 is 16.4 Å². The van der Waals surface area contributed by atoms with Crippen LogP contribution in [0.4, 0.5) is 0 Å². The van der Waals surface area contributed by atoms with Gasteiger partial charge in [-0.15, -0.1) is 0 Å². The molecule has 0 aliphatic carbocycles. The van der Waals surface area contributed by atoms with Crippen LogP contribution in [0.25, 0.3) is 6.08 Å². The van der Waals surface area contributed by atoms with E-state index in [-0.39, 0.29) is 11.8 Å². The van der Waals surface area contributed by atoms with Crippen molar-refractivity contribution in [2.24, 2.45) is 5.73 Å². The monoisotopic (exact) mass is 405 g/mol. The third-order valence-corrected chi connectivity index (χ3v) is 4.33. The van der Waals surface area contributed by atoms with Crippen LogP contribution in [-0.2, 0) is 11.3 Å². The molecular weight excluding hydrogens is 385 g/mol. The van der Waals surface area contributed by atoms with Gasteiger partial charge in [0.2, 0.25) is 5.91 Å². The number of nitrogens with two attached hydrogens (primary N) is 1. The summed E-state index contributed by atoms with van der Waals surface area (Å²) in [5, 5.41) is 6.58. The molecule has 2 rings (SSSR count).